The summed E-state index contributed by atoms with van der Waals surface area (Å²) in [5.41, 5.74) is 1.60. The quantitative estimate of drug-likeness (QED) is 0.600. The van der Waals surface area contributed by atoms with Gasteiger partial charge in [-0.05, 0) is 54.7 Å². The summed E-state index contributed by atoms with van der Waals surface area (Å²) in [5, 5.41) is 13.0. The molecule has 1 heterocycles. The van der Waals surface area contributed by atoms with Gasteiger partial charge < -0.3 is 15.2 Å². The fraction of sp³-hybridized carbons (Fsp3) is 0.458. The first kappa shape index (κ1) is 24.2. The van der Waals surface area contributed by atoms with E-state index in [-0.39, 0.29) is 18.9 Å². The van der Waals surface area contributed by atoms with E-state index in [1.165, 1.54) is 0 Å². The standard InChI is InChI=1S/C24H32N2O5S/c1-31-21-11-9-20(10-12-21)23(27)18-25-24(28)15-8-19-6-13-22(14-7-19)32(29,30)26-16-4-2-3-5-17-26/h6-7,9-14,23,27H,2-5,8,15-18H2,1H3,(H,25,28). The zero-order chi connectivity index (χ0) is 23.0. The van der Waals surface area contributed by atoms with E-state index < -0.39 is 16.1 Å². The van der Waals surface area contributed by atoms with Crippen LogP contribution in [0.1, 0.15) is 49.3 Å². The van der Waals surface area contributed by atoms with Gasteiger partial charge in [0, 0.05) is 26.1 Å². The number of nitrogens with zero attached hydrogens (tertiary/aromatic N) is 1. The molecule has 1 unspecified atom stereocenters. The number of carbonyl (C=O) groups excluding carboxylic acids is 1. The molecule has 0 aromatic heterocycles. The van der Waals surface area contributed by atoms with Gasteiger partial charge in [-0.3, -0.25) is 4.79 Å². The van der Waals surface area contributed by atoms with Gasteiger partial charge in [-0.2, -0.15) is 4.31 Å². The molecule has 0 aliphatic carbocycles. The fourth-order valence-corrected chi connectivity index (χ4v) is 5.28. The Morgan fingerprint density at radius 3 is 2.25 bits per heavy atom. The van der Waals surface area contributed by atoms with E-state index in [2.05, 4.69) is 5.32 Å². The summed E-state index contributed by atoms with van der Waals surface area (Å²) in [5.74, 6) is 0.536. The van der Waals surface area contributed by atoms with Crippen LogP contribution in [0.2, 0.25) is 0 Å². The number of benzene rings is 2. The highest BCUT2D eigenvalue weighted by molar-refractivity contribution is 7.89. The highest BCUT2D eigenvalue weighted by Gasteiger charge is 2.24. The average molecular weight is 461 g/mol. The van der Waals surface area contributed by atoms with Crippen LogP contribution >= 0.6 is 0 Å². The molecular weight excluding hydrogens is 428 g/mol. The van der Waals surface area contributed by atoms with Crippen molar-refractivity contribution in [3.63, 3.8) is 0 Å². The normalized spacial score (nSPS) is 16.2. The number of methoxy groups -OCH3 is 1. The summed E-state index contributed by atoms with van der Waals surface area (Å²) >= 11 is 0. The van der Waals surface area contributed by atoms with E-state index in [4.69, 9.17) is 4.74 Å². The number of amides is 1. The van der Waals surface area contributed by atoms with Gasteiger partial charge in [-0.15, -0.1) is 0 Å². The molecule has 0 bridgehead atoms. The van der Waals surface area contributed by atoms with Crippen LogP contribution in [0.15, 0.2) is 53.4 Å². The lowest BCUT2D eigenvalue weighted by Gasteiger charge is -2.20. The highest BCUT2D eigenvalue weighted by Crippen LogP contribution is 2.21. The SMILES string of the molecule is COc1ccc(C(O)CNC(=O)CCc2ccc(S(=O)(=O)N3CCCCCC3)cc2)cc1. The highest BCUT2D eigenvalue weighted by atomic mass is 32.2. The monoisotopic (exact) mass is 460 g/mol. The molecule has 2 aromatic carbocycles. The number of ether oxygens (including phenoxy) is 1. The van der Waals surface area contributed by atoms with E-state index in [0.717, 1.165) is 31.2 Å². The summed E-state index contributed by atoms with van der Waals surface area (Å²) in [6.07, 6.45) is 3.91. The lowest BCUT2D eigenvalue weighted by molar-refractivity contribution is -0.121. The molecule has 1 saturated heterocycles. The Hall–Kier alpha value is -2.42. The Labute approximate surface area is 190 Å². The minimum atomic E-state index is -3.46. The minimum absolute atomic E-state index is 0.123. The topological polar surface area (TPSA) is 95.9 Å². The maximum absolute atomic E-state index is 12.9. The van der Waals surface area contributed by atoms with E-state index in [1.807, 2.05) is 0 Å². The maximum Gasteiger partial charge on any atom is 0.243 e. The predicted molar refractivity (Wildman–Crippen MR) is 123 cm³/mol. The zero-order valence-corrected chi connectivity index (χ0v) is 19.3. The van der Waals surface area contributed by atoms with Gasteiger partial charge in [0.2, 0.25) is 15.9 Å². The van der Waals surface area contributed by atoms with Gasteiger partial charge in [0.15, 0.2) is 0 Å². The first-order chi connectivity index (χ1) is 15.4. The van der Waals surface area contributed by atoms with Crippen molar-refractivity contribution in [3.05, 3.63) is 59.7 Å². The van der Waals surface area contributed by atoms with Crippen molar-refractivity contribution in [1.82, 2.24) is 9.62 Å². The molecule has 7 nitrogen and oxygen atoms in total. The molecular formula is C24H32N2O5S. The van der Waals surface area contributed by atoms with Crippen LogP contribution in [0.25, 0.3) is 0 Å². The van der Waals surface area contributed by atoms with E-state index in [0.29, 0.717) is 35.7 Å². The second kappa shape index (κ2) is 11.4. The number of carbonyl (C=O) groups is 1. The van der Waals surface area contributed by atoms with Gasteiger partial charge in [-0.25, -0.2) is 8.42 Å². The summed E-state index contributed by atoms with van der Waals surface area (Å²) in [7, 11) is -1.89. The Bertz CT molecular complexity index is 966. The second-order valence-corrected chi connectivity index (χ2v) is 9.99. The van der Waals surface area contributed by atoms with Crippen LogP contribution in [0.4, 0.5) is 0 Å². The number of aliphatic hydroxyl groups excluding tert-OH is 1. The van der Waals surface area contributed by atoms with Crippen LogP contribution in [-0.2, 0) is 21.2 Å². The first-order valence-electron chi connectivity index (χ1n) is 11.1. The fourth-order valence-electron chi connectivity index (χ4n) is 3.76. The first-order valence-corrected chi connectivity index (χ1v) is 12.5. The molecule has 0 saturated carbocycles. The molecule has 32 heavy (non-hydrogen) atoms. The van der Waals surface area contributed by atoms with Crippen molar-refractivity contribution in [2.24, 2.45) is 0 Å². The van der Waals surface area contributed by atoms with Crippen molar-refractivity contribution in [2.75, 3.05) is 26.7 Å². The molecule has 1 amide bonds. The van der Waals surface area contributed by atoms with E-state index >= 15 is 0 Å². The number of hydrogen-bond donors (Lipinski definition) is 2. The predicted octanol–water partition coefficient (Wildman–Crippen LogP) is 3.04. The molecule has 0 radical (unpaired) electrons. The third-order valence-corrected chi connectivity index (χ3v) is 7.67. The molecule has 2 N–H and O–H groups in total. The van der Waals surface area contributed by atoms with Crippen molar-refractivity contribution in [1.29, 1.82) is 0 Å². The van der Waals surface area contributed by atoms with Gasteiger partial charge in [0.1, 0.15) is 5.75 Å². The number of sulfonamides is 1. The Balaban J connectivity index is 1.47. The molecule has 8 heteroatoms. The third kappa shape index (κ3) is 6.54. The van der Waals surface area contributed by atoms with Crippen molar-refractivity contribution < 1.29 is 23.1 Å². The van der Waals surface area contributed by atoms with Crippen molar-refractivity contribution in [3.8, 4) is 5.75 Å². The number of aliphatic hydroxyl groups is 1. The van der Waals surface area contributed by atoms with Crippen LogP contribution in [-0.4, -0.2) is 50.5 Å². The lowest BCUT2D eigenvalue weighted by atomic mass is 10.1. The summed E-state index contributed by atoms with van der Waals surface area (Å²) in [6.45, 7) is 1.28. The Morgan fingerprint density at radius 1 is 1.03 bits per heavy atom. The molecule has 1 fully saturated rings. The minimum Gasteiger partial charge on any atom is -0.497 e. The summed E-state index contributed by atoms with van der Waals surface area (Å²) in [6, 6.07) is 13.8. The molecule has 0 spiro atoms. The van der Waals surface area contributed by atoms with Crippen molar-refractivity contribution >= 4 is 15.9 Å². The molecule has 174 valence electrons. The third-order valence-electron chi connectivity index (χ3n) is 5.76. The smallest absolute Gasteiger partial charge is 0.243 e. The molecule has 2 aromatic rings. The average Bonchev–Trinajstić information content (AvgIpc) is 3.12. The number of aryl methyl sites for hydroxylation is 1. The number of rotatable bonds is 9. The molecule has 1 atom stereocenters. The van der Waals surface area contributed by atoms with Gasteiger partial charge in [-0.1, -0.05) is 37.1 Å². The van der Waals surface area contributed by atoms with Crippen molar-refractivity contribution in [2.45, 2.75) is 49.5 Å². The Morgan fingerprint density at radius 2 is 1.66 bits per heavy atom. The molecule has 3 rings (SSSR count). The van der Waals surface area contributed by atoms with Crippen LogP contribution in [0, 0.1) is 0 Å². The van der Waals surface area contributed by atoms with E-state index in [1.54, 1.807) is 59.9 Å². The van der Waals surface area contributed by atoms with E-state index in [9.17, 15) is 18.3 Å². The van der Waals surface area contributed by atoms with Crippen LogP contribution in [0.5, 0.6) is 5.75 Å². The molecule has 1 aliphatic rings. The van der Waals surface area contributed by atoms with Crippen LogP contribution in [0.3, 0.4) is 0 Å². The largest absolute Gasteiger partial charge is 0.497 e. The van der Waals surface area contributed by atoms with Gasteiger partial charge in [0.05, 0.1) is 18.1 Å². The molecule has 1 aliphatic heterocycles. The Kier molecular flexibility index (Phi) is 8.67. The van der Waals surface area contributed by atoms with Gasteiger partial charge >= 0.3 is 0 Å². The number of nitrogens with one attached hydrogen (secondary N) is 1. The van der Waals surface area contributed by atoms with Gasteiger partial charge in [0.25, 0.3) is 0 Å². The van der Waals surface area contributed by atoms with Crippen LogP contribution < -0.4 is 10.1 Å². The number of hydrogen-bond acceptors (Lipinski definition) is 5. The summed E-state index contributed by atoms with van der Waals surface area (Å²) < 4.78 is 32.4. The summed E-state index contributed by atoms with van der Waals surface area (Å²) in [4.78, 5) is 12.5. The zero-order valence-electron chi connectivity index (χ0n) is 18.5. The lowest BCUT2D eigenvalue weighted by Crippen LogP contribution is -2.31. The second-order valence-electron chi connectivity index (χ2n) is 8.06. The maximum atomic E-state index is 12.9.